The molecule has 218 valence electrons. The van der Waals surface area contributed by atoms with E-state index in [-0.39, 0.29) is 11.8 Å². The largest absolute Gasteiger partial charge is 0.379 e. The smallest absolute Gasteiger partial charge is 0.214 e. The van der Waals surface area contributed by atoms with Crippen LogP contribution in [-0.2, 0) is 14.8 Å². The van der Waals surface area contributed by atoms with Gasteiger partial charge >= 0.3 is 0 Å². The van der Waals surface area contributed by atoms with Crippen LogP contribution in [0.25, 0.3) is 0 Å². The third-order valence-electron chi connectivity index (χ3n) is 7.53. The van der Waals surface area contributed by atoms with Crippen LogP contribution in [0.2, 0.25) is 0 Å². The summed E-state index contributed by atoms with van der Waals surface area (Å²) in [6, 6.07) is 3.73. The summed E-state index contributed by atoms with van der Waals surface area (Å²) >= 11 is 0. The number of nitrogens with one attached hydrogen (secondary N) is 2. The second-order valence-electron chi connectivity index (χ2n) is 10.5. The van der Waals surface area contributed by atoms with Gasteiger partial charge in [0.25, 0.3) is 0 Å². The second kappa shape index (κ2) is 18.2. The first-order chi connectivity index (χ1) is 19.1. The first-order valence-electron chi connectivity index (χ1n) is 14.7. The molecule has 11 heteroatoms. The zero-order valence-electron chi connectivity index (χ0n) is 23.4. The van der Waals surface area contributed by atoms with Crippen molar-refractivity contribution in [1.29, 1.82) is 5.26 Å². The Morgan fingerprint density at radius 3 is 2.41 bits per heavy atom. The number of guanidine groups is 1. The van der Waals surface area contributed by atoms with Crippen LogP contribution in [0.4, 0.5) is 5.69 Å². The fraction of sp³-hybridized carbons (Fsp3) is 0.750. The molecule has 1 aliphatic carbocycles. The molecule has 2 heterocycles. The van der Waals surface area contributed by atoms with Crippen molar-refractivity contribution in [2.75, 3.05) is 57.0 Å². The average molecular weight is 562 g/mol. The Hall–Kier alpha value is -2.26. The molecule has 0 bridgehead atoms. The summed E-state index contributed by atoms with van der Waals surface area (Å²) in [6.07, 6.45) is 17.6. The van der Waals surface area contributed by atoms with E-state index in [1.54, 1.807) is 24.5 Å². The summed E-state index contributed by atoms with van der Waals surface area (Å²) in [5.41, 5.74) is 0.801. The summed E-state index contributed by atoms with van der Waals surface area (Å²) < 4.78 is 34.6. The van der Waals surface area contributed by atoms with Gasteiger partial charge in [0, 0.05) is 56.8 Å². The molecule has 2 N–H and O–H groups in total. The number of hydrogen-bond acceptors (Lipinski definition) is 7. The highest BCUT2D eigenvalue weighted by Gasteiger charge is 2.30. The van der Waals surface area contributed by atoms with Crippen LogP contribution in [0.15, 0.2) is 29.5 Å². The molecule has 1 aliphatic heterocycles. The standard InChI is InChI=1S/C28H47N7O3S/c29-25-32-28(33-26-13-16-30-17-14-26)31-15-9-5-6-10-24-39(36,37)35(19-18-34-20-22-38-23-21-34)27-11-7-3-1-2-4-8-12-27/h13-14,16-17,27H,1-12,15,18-24H2,(H2,30,31,32,33). The van der Waals surface area contributed by atoms with Gasteiger partial charge in [-0.05, 0) is 37.8 Å². The fourth-order valence-corrected chi connectivity index (χ4v) is 7.13. The van der Waals surface area contributed by atoms with Crippen molar-refractivity contribution >= 4 is 21.7 Å². The summed E-state index contributed by atoms with van der Waals surface area (Å²) in [7, 11) is -3.32. The van der Waals surface area contributed by atoms with Crippen molar-refractivity contribution in [1.82, 2.24) is 19.5 Å². The third-order valence-corrected chi connectivity index (χ3v) is 9.53. The lowest BCUT2D eigenvalue weighted by Crippen LogP contribution is -2.47. The number of ether oxygens (including phenoxy) is 1. The number of aromatic nitrogens is 1. The highest BCUT2D eigenvalue weighted by Crippen LogP contribution is 2.24. The Morgan fingerprint density at radius 2 is 1.72 bits per heavy atom. The topological polar surface area (TPSA) is 123 Å². The van der Waals surface area contributed by atoms with Gasteiger partial charge in [-0.3, -0.25) is 20.2 Å². The van der Waals surface area contributed by atoms with E-state index >= 15 is 0 Å². The second-order valence-corrected chi connectivity index (χ2v) is 12.5. The van der Waals surface area contributed by atoms with E-state index in [1.165, 1.54) is 25.7 Å². The van der Waals surface area contributed by atoms with E-state index in [1.807, 2.05) is 10.5 Å². The minimum atomic E-state index is -3.32. The minimum absolute atomic E-state index is 0.127. The molecule has 3 rings (SSSR count). The Morgan fingerprint density at radius 1 is 1.05 bits per heavy atom. The molecule has 10 nitrogen and oxygen atoms in total. The minimum Gasteiger partial charge on any atom is -0.379 e. The van der Waals surface area contributed by atoms with Gasteiger partial charge in [0.15, 0.2) is 6.19 Å². The van der Waals surface area contributed by atoms with Crippen LogP contribution in [0.3, 0.4) is 0 Å². The molecule has 0 radical (unpaired) electrons. The molecule has 0 amide bonds. The lowest BCUT2D eigenvalue weighted by Gasteiger charge is -2.34. The number of sulfonamides is 1. The first kappa shape index (κ1) is 31.3. The molecule has 0 atom stereocenters. The number of nitrogens with zero attached hydrogens (tertiary/aromatic N) is 5. The fourth-order valence-electron chi connectivity index (χ4n) is 5.31. The quantitative estimate of drug-likeness (QED) is 0.122. The van der Waals surface area contributed by atoms with Crippen molar-refractivity contribution < 1.29 is 13.2 Å². The van der Waals surface area contributed by atoms with Crippen molar-refractivity contribution in [2.24, 2.45) is 4.99 Å². The maximum absolute atomic E-state index is 13.6. The molecule has 39 heavy (non-hydrogen) atoms. The molecule has 1 aromatic rings. The molecule has 2 fully saturated rings. The van der Waals surface area contributed by atoms with Crippen LogP contribution in [0.5, 0.6) is 0 Å². The summed E-state index contributed by atoms with van der Waals surface area (Å²) in [6.45, 7) is 5.14. The van der Waals surface area contributed by atoms with E-state index < -0.39 is 10.0 Å². The van der Waals surface area contributed by atoms with Gasteiger partial charge in [-0.1, -0.05) is 51.4 Å². The van der Waals surface area contributed by atoms with Gasteiger partial charge in [-0.15, -0.1) is 0 Å². The van der Waals surface area contributed by atoms with Gasteiger partial charge in [-0.2, -0.15) is 9.57 Å². The Kier molecular flexibility index (Phi) is 14.6. The predicted molar refractivity (Wildman–Crippen MR) is 156 cm³/mol. The molecule has 0 spiro atoms. The molecule has 2 aliphatic rings. The molecule has 1 saturated carbocycles. The monoisotopic (exact) mass is 561 g/mol. The third kappa shape index (κ3) is 12.2. The van der Waals surface area contributed by atoms with Gasteiger partial charge in [0.05, 0.1) is 19.0 Å². The van der Waals surface area contributed by atoms with Crippen molar-refractivity contribution in [3.05, 3.63) is 24.5 Å². The van der Waals surface area contributed by atoms with Gasteiger partial charge in [-0.25, -0.2) is 8.42 Å². The van der Waals surface area contributed by atoms with Crippen molar-refractivity contribution in [3.8, 4) is 6.19 Å². The number of hydrogen-bond donors (Lipinski definition) is 2. The highest BCUT2D eigenvalue weighted by atomic mass is 32.2. The number of nitriles is 1. The zero-order chi connectivity index (χ0) is 27.6. The SMILES string of the molecule is N#CNC(=NCCCCCCS(=O)(=O)N(CCN1CCOCC1)C1CCCCCCCC1)Nc1ccncc1. The average Bonchev–Trinajstić information content (AvgIpc) is 3.08. The van der Waals surface area contributed by atoms with Crippen LogP contribution < -0.4 is 10.6 Å². The molecular weight excluding hydrogens is 514 g/mol. The van der Waals surface area contributed by atoms with Crippen molar-refractivity contribution in [3.63, 3.8) is 0 Å². The maximum atomic E-state index is 13.6. The molecule has 1 aromatic heterocycles. The van der Waals surface area contributed by atoms with Crippen LogP contribution in [0.1, 0.15) is 77.0 Å². The Bertz CT molecular complexity index is 969. The van der Waals surface area contributed by atoms with Crippen LogP contribution >= 0.6 is 0 Å². The maximum Gasteiger partial charge on any atom is 0.214 e. The van der Waals surface area contributed by atoms with Crippen molar-refractivity contribution in [2.45, 2.75) is 83.1 Å². The molecular formula is C28H47N7O3S. The number of unbranched alkanes of at least 4 members (excludes halogenated alkanes) is 3. The zero-order valence-corrected chi connectivity index (χ0v) is 24.2. The molecule has 1 saturated heterocycles. The lowest BCUT2D eigenvalue weighted by atomic mass is 10.1. The van der Waals surface area contributed by atoms with E-state index in [9.17, 15) is 8.42 Å². The molecule has 0 aromatic carbocycles. The normalized spacial score (nSPS) is 18.6. The first-order valence-corrected chi connectivity index (χ1v) is 16.4. The van der Waals surface area contributed by atoms with E-state index in [4.69, 9.17) is 10.00 Å². The van der Waals surface area contributed by atoms with E-state index in [0.717, 1.165) is 83.5 Å². The Labute approximate surface area is 235 Å². The number of morpholine rings is 1. The summed E-state index contributed by atoms with van der Waals surface area (Å²) in [4.78, 5) is 10.8. The predicted octanol–water partition coefficient (Wildman–Crippen LogP) is 3.95. The lowest BCUT2D eigenvalue weighted by molar-refractivity contribution is 0.0350. The number of aliphatic imine (C=N–C) groups is 1. The number of anilines is 1. The van der Waals surface area contributed by atoms with Crippen LogP contribution in [-0.4, -0.2) is 86.3 Å². The van der Waals surface area contributed by atoms with Gasteiger partial charge < -0.3 is 10.1 Å². The summed E-state index contributed by atoms with van der Waals surface area (Å²) in [5, 5.41) is 14.6. The number of pyridine rings is 1. The van der Waals surface area contributed by atoms with Gasteiger partial charge in [0.1, 0.15) is 0 Å². The van der Waals surface area contributed by atoms with Crippen LogP contribution in [0, 0.1) is 11.5 Å². The molecule has 0 unspecified atom stereocenters. The van der Waals surface area contributed by atoms with E-state index in [2.05, 4.69) is 25.5 Å². The van der Waals surface area contributed by atoms with E-state index in [0.29, 0.717) is 25.5 Å². The van der Waals surface area contributed by atoms with Gasteiger partial charge in [0.2, 0.25) is 16.0 Å². The highest BCUT2D eigenvalue weighted by molar-refractivity contribution is 7.89. The summed E-state index contributed by atoms with van der Waals surface area (Å²) in [5.74, 6) is 0.609. The Balaban J connectivity index is 1.47. The number of rotatable bonds is 13.